The van der Waals surface area contributed by atoms with E-state index in [1.54, 1.807) is 0 Å². The van der Waals surface area contributed by atoms with Crippen molar-refractivity contribution in [1.82, 2.24) is 10.2 Å². The van der Waals surface area contributed by atoms with Gasteiger partial charge in [-0.15, -0.1) is 0 Å². The van der Waals surface area contributed by atoms with Gasteiger partial charge < -0.3 is 10.2 Å². The molecule has 30 heavy (non-hydrogen) atoms. The molecule has 1 N–H and O–H groups in total. The van der Waals surface area contributed by atoms with Crippen LogP contribution in [0.4, 0.5) is 0 Å². The second kappa shape index (κ2) is 9.03. The Balaban J connectivity index is 1.63. The normalized spacial score (nSPS) is 19.7. The Bertz CT molecular complexity index is 887. The lowest BCUT2D eigenvalue weighted by Crippen LogP contribution is -2.60. The number of carbonyl (C=O) groups excluding carboxylic acids is 2. The monoisotopic (exact) mass is 404 g/mol. The highest BCUT2D eigenvalue weighted by atomic mass is 16.2. The van der Waals surface area contributed by atoms with E-state index in [2.05, 4.69) is 29.3 Å². The van der Waals surface area contributed by atoms with Crippen molar-refractivity contribution in [2.75, 3.05) is 13.1 Å². The average molecular weight is 405 g/mol. The fraction of sp³-hybridized carbons (Fsp3) is 0.462. The van der Waals surface area contributed by atoms with Gasteiger partial charge >= 0.3 is 0 Å². The summed E-state index contributed by atoms with van der Waals surface area (Å²) in [5.74, 6) is -0.120. The SMILES string of the molecule is CCCCN1C(=O)c2ccccc2[C@@H](C(=O)NCCc2ccccc2)C12CCCC2. The Morgan fingerprint density at radius 1 is 1.07 bits per heavy atom. The zero-order chi connectivity index (χ0) is 21.0. The number of rotatable bonds is 7. The number of nitrogens with zero attached hydrogens (tertiary/aromatic N) is 1. The highest BCUT2D eigenvalue weighted by Crippen LogP contribution is 2.50. The predicted octanol–water partition coefficient (Wildman–Crippen LogP) is 4.70. The van der Waals surface area contributed by atoms with Crippen LogP contribution in [-0.4, -0.2) is 35.3 Å². The molecule has 0 radical (unpaired) electrons. The van der Waals surface area contributed by atoms with E-state index in [-0.39, 0.29) is 23.3 Å². The van der Waals surface area contributed by atoms with Crippen molar-refractivity contribution in [3.63, 3.8) is 0 Å². The van der Waals surface area contributed by atoms with E-state index in [0.29, 0.717) is 12.1 Å². The third-order valence-electron chi connectivity index (χ3n) is 6.84. The third-order valence-corrected chi connectivity index (χ3v) is 6.84. The molecule has 0 unspecified atom stereocenters. The molecule has 2 aliphatic rings. The zero-order valence-electron chi connectivity index (χ0n) is 17.9. The van der Waals surface area contributed by atoms with E-state index in [9.17, 15) is 9.59 Å². The van der Waals surface area contributed by atoms with Crippen LogP contribution in [0, 0.1) is 0 Å². The molecule has 2 amide bonds. The van der Waals surface area contributed by atoms with Crippen LogP contribution in [0.2, 0.25) is 0 Å². The van der Waals surface area contributed by atoms with Gasteiger partial charge in [0.15, 0.2) is 0 Å². The highest BCUT2D eigenvalue weighted by Gasteiger charge is 2.55. The molecule has 1 saturated carbocycles. The van der Waals surface area contributed by atoms with Gasteiger partial charge in [0.25, 0.3) is 5.91 Å². The number of benzene rings is 2. The Kier molecular flexibility index (Phi) is 6.21. The molecule has 1 aliphatic heterocycles. The summed E-state index contributed by atoms with van der Waals surface area (Å²) in [7, 11) is 0. The van der Waals surface area contributed by atoms with E-state index >= 15 is 0 Å². The average Bonchev–Trinajstić information content (AvgIpc) is 3.24. The van der Waals surface area contributed by atoms with E-state index in [1.807, 2.05) is 42.5 Å². The molecule has 0 aromatic heterocycles. The van der Waals surface area contributed by atoms with Gasteiger partial charge in [0.1, 0.15) is 0 Å². The van der Waals surface area contributed by atoms with E-state index in [1.165, 1.54) is 5.56 Å². The van der Waals surface area contributed by atoms with Crippen molar-refractivity contribution >= 4 is 11.8 Å². The fourth-order valence-corrected chi connectivity index (χ4v) is 5.38. The molecular formula is C26H32N2O2. The number of carbonyl (C=O) groups is 2. The first kappa shape index (κ1) is 20.6. The summed E-state index contributed by atoms with van der Waals surface area (Å²) in [4.78, 5) is 29.1. The molecule has 1 fully saturated rings. The van der Waals surface area contributed by atoms with Crippen LogP contribution in [0.1, 0.15) is 72.9 Å². The molecule has 4 heteroatoms. The summed E-state index contributed by atoms with van der Waals surface area (Å²) in [6.07, 6.45) is 6.79. The largest absolute Gasteiger partial charge is 0.355 e. The van der Waals surface area contributed by atoms with Crippen molar-refractivity contribution < 1.29 is 9.59 Å². The minimum Gasteiger partial charge on any atom is -0.355 e. The van der Waals surface area contributed by atoms with Crippen molar-refractivity contribution in [2.24, 2.45) is 0 Å². The lowest BCUT2D eigenvalue weighted by molar-refractivity contribution is -0.126. The Hall–Kier alpha value is -2.62. The highest BCUT2D eigenvalue weighted by molar-refractivity contribution is 6.02. The third kappa shape index (κ3) is 3.76. The van der Waals surface area contributed by atoms with Crippen LogP contribution in [0.25, 0.3) is 0 Å². The number of fused-ring (bicyclic) bond motifs is 1. The molecule has 1 heterocycles. The fourth-order valence-electron chi connectivity index (χ4n) is 5.38. The van der Waals surface area contributed by atoms with Gasteiger partial charge in [0, 0.05) is 18.7 Å². The molecule has 1 aliphatic carbocycles. The number of hydrogen-bond acceptors (Lipinski definition) is 2. The molecule has 1 atom stereocenters. The molecule has 2 aromatic carbocycles. The van der Waals surface area contributed by atoms with Crippen LogP contribution in [-0.2, 0) is 11.2 Å². The van der Waals surface area contributed by atoms with Crippen LogP contribution in [0.5, 0.6) is 0 Å². The van der Waals surface area contributed by atoms with Crippen LogP contribution < -0.4 is 5.32 Å². The minimum atomic E-state index is -0.378. The number of amides is 2. The van der Waals surface area contributed by atoms with Crippen LogP contribution in [0.3, 0.4) is 0 Å². The maximum atomic E-state index is 13.6. The smallest absolute Gasteiger partial charge is 0.254 e. The van der Waals surface area contributed by atoms with Gasteiger partial charge in [-0.05, 0) is 42.9 Å². The summed E-state index contributed by atoms with van der Waals surface area (Å²) in [6, 6.07) is 18.0. The van der Waals surface area contributed by atoms with Crippen LogP contribution >= 0.6 is 0 Å². The summed E-state index contributed by atoms with van der Waals surface area (Å²) in [5, 5.41) is 3.21. The molecule has 2 aromatic rings. The quantitative estimate of drug-likeness (QED) is 0.727. The van der Waals surface area contributed by atoms with Crippen molar-refractivity contribution in [1.29, 1.82) is 0 Å². The summed E-state index contributed by atoms with van der Waals surface area (Å²) in [6.45, 7) is 3.50. The van der Waals surface area contributed by atoms with Gasteiger partial charge in [0.05, 0.1) is 11.5 Å². The van der Waals surface area contributed by atoms with Crippen LogP contribution in [0.15, 0.2) is 54.6 Å². The number of hydrogen-bond donors (Lipinski definition) is 1. The molecular weight excluding hydrogens is 372 g/mol. The predicted molar refractivity (Wildman–Crippen MR) is 119 cm³/mol. The van der Waals surface area contributed by atoms with Gasteiger partial charge in [-0.1, -0.05) is 74.7 Å². The first-order valence-corrected chi connectivity index (χ1v) is 11.4. The first-order chi connectivity index (χ1) is 14.7. The molecule has 0 bridgehead atoms. The Morgan fingerprint density at radius 2 is 1.77 bits per heavy atom. The second-order valence-electron chi connectivity index (χ2n) is 8.67. The minimum absolute atomic E-state index is 0.0641. The topological polar surface area (TPSA) is 49.4 Å². The van der Waals surface area contributed by atoms with Crippen molar-refractivity contribution in [2.45, 2.75) is 63.3 Å². The lowest BCUT2D eigenvalue weighted by atomic mass is 9.71. The lowest BCUT2D eigenvalue weighted by Gasteiger charge is -2.50. The molecule has 4 nitrogen and oxygen atoms in total. The second-order valence-corrected chi connectivity index (χ2v) is 8.67. The van der Waals surface area contributed by atoms with Gasteiger partial charge in [-0.3, -0.25) is 9.59 Å². The Labute approximate surface area is 179 Å². The standard InChI is InChI=1S/C26H32N2O2/c1-2-3-19-28-25(30)22-14-8-7-13-21(22)23(26(28)16-9-10-17-26)24(29)27-18-15-20-11-5-4-6-12-20/h4-8,11-14,23H,2-3,9-10,15-19H2,1H3,(H,27,29)/t23-/m0/s1. The number of nitrogens with one attached hydrogen (secondary N) is 1. The van der Waals surface area contributed by atoms with E-state index in [0.717, 1.165) is 57.1 Å². The maximum absolute atomic E-state index is 13.6. The van der Waals surface area contributed by atoms with Gasteiger partial charge in [-0.25, -0.2) is 0 Å². The van der Waals surface area contributed by atoms with Gasteiger partial charge in [0.2, 0.25) is 5.91 Å². The summed E-state index contributed by atoms with van der Waals surface area (Å²) >= 11 is 0. The first-order valence-electron chi connectivity index (χ1n) is 11.4. The van der Waals surface area contributed by atoms with E-state index < -0.39 is 0 Å². The number of unbranched alkanes of at least 4 members (excludes halogenated alkanes) is 1. The Morgan fingerprint density at radius 3 is 2.50 bits per heavy atom. The van der Waals surface area contributed by atoms with Crippen molar-refractivity contribution in [3.05, 3.63) is 71.3 Å². The summed E-state index contributed by atoms with van der Waals surface area (Å²) < 4.78 is 0. The van der Waals surface area contributed by atoms with E-state index in [4.69, 9.17) is 0 Å². The van der Waals surface area contributed by atoms with Gasteiger partial charge in [-0.2, -0.15) is 0 Å². The summed E-state index contributed by atoms with van der Waals surface area (Å²) in [5.41, 5.74) is 2.46. The molecule has 158 valence electrons. The molecule has 1 spiro atoms. The maximum Gasteiger partial charge on any atom is 0.254 e. The molecule has 0 saturated heterocycles. The van der Waals surface area contributed by atoms with Crippen molar-refractivity contribution in [3.8, 4) is 0 Å². The zero-order valence-corrected chi connectivity index (χ0v) is 17.9. The molecule has 4 rings (SSSR count).